The fourth-order valence-electron chi connectivity index (χ4n) is 0.662. The first-order valence-corrected chi connectivity index (χ1v) is 3.53. The Labute approximate surface area is 69.5 Å². The van der Waals surface area contributed by atoms with E-state index in [4.69, 9.17) is 10.8 Å². The Morgan fingerprint density at radius 2 is 1.92 bits per heavy atom. The van der Waals surface area contributed by atoms with Crippen LogP contribution in [0.15, 0.2) is 0 Å². The van der Waals surface area contributed by atoms with Crippen molar-refractivity contribution in [1.82, 2.24) is 0 Å². The highest BCUT2D eigenvalue weighted by Crippen LogP contribution is 1.94. The summed E-state index contributed by atoms with van der Waals surface area (Å²) in [5, 5.41) is 8.24. The average molecular weight is 173 g/mol. The number of carboxylic acid groups (broad SMARTS) is 1. The topological polar surface area (TPSA) is 97.5 Å². The molecule has 3 N–H and O–H groups in total. The van der Waals surface area contributed by atoms with Crippen LogP contribution in [0.5, 0.6) is 0 Å². The molecule has 0 saturated carbocycles. The summed E-state index contributed by atoms with van der Waals surface area (Å²) < 4.78 is 0. The Bertz CT molecular complexity index is 211. The van der Waals surface area contributed by atoms with Crippen LogP contribution in [-0.4, -0.2) is 28.7 Å². The summed E-state index contributed by atoms with van der Waals surface area (Å²) in [5.74, 6) is -2.61. The van der Waals surface area contributed by atoms with Gasteiger partial charge in [-0.15, -0.1) is 0 Å². The standard InChI is InChI=1S/C7H11NO4/c1-2-5(9)7(12)4(8)3-6(10)11/h4H,2-3,8H2,1H3,(H,10,11). The molecule has 0 aromatic heterocycles. The Balaban J connectivity index is 4.10. The summed E-state index contributed by atoms with van der Waals surface area (Å²) in [6, 6.07) is -1.20. The monoisotopic (exact) mass is 173 g/mol. The van der Waals surface area contributed by atoms with Gasteiger partial charge in [0, 0.05) is 6.42 Å². The van der Waals surface area contributed by atoms with E-state index in [0.29, 0.717) is 0 Å². The van der Waals surface area contributed by atoms with Gasteiger partial charge >= 0.3 is 5.97 Å². The van der Waals surface area contributed by atoms with Crippen LogP contribution in [0.3, 0.4) is 0 Å². The zero-order chi connectivity index (χ0) is 9.72. The number of aliphatic carboxylic acids is 1. The predicted molar refractivity (Wildman–Crippen MR) is 40.5 cm³/mol. The zero-order valence-corrected chi connectivity index (χ0v) is 6.74. The Hall–Kier alpha value is -1.23. The van der Waals surface area contributed by atoms with E-state index in [0.717, 1.165) is 0 Å². The van der Waals surface area contributed by atoms with E-state index in [1.165, 1.54) is 6.92 Å². The molecule has 0 saturated heterocycles. The van der Waals surface area contributed by atoms with Gasteiger partial charge in [-0.25, -0.2) is 0 Å². The SMILES string of the molecule is CCC(=O)C(=O)C(N)CC(=O)O. The maximum Gasteiger partial charge on any atom is 0.305 e. The highest BCUT2D eigenvalue weighted by Gasteiger charge is 2.21. The van der Waals surface area contributed by atoms with E-state index in [1.807, 2.05) is 0 Å². The number of hydrogen-bond donors (Lipinski definition) is 2. The van der Waals surface area contributed by atoms with E-state index in [2.05, 4.69) is 0 Å². The number of ketones is 2. The van der Waals surface area contributed by atoms with Gasteiger partial charge in [-0.2, -0.15) is 0 Å². The lowest BCUT2D eigenvalue weighted by Gasteiger charge is -2.04. The van der Waals surface area contributed by atoms with Crippen molar-refractivity contribution < 1.29 is 19.5 Å². The van der Waals surface area contributed by atoms with Crippen molar-refractivity contribution in [1.29, 1.82) is 0 Å². The first kappa shape index (κ1) is 10.8. The number of Topliss-reactive ketones (excluding diaryl/α,β-unsaturated/α-hetero) is 2. The van der Waals surface area contributed by atoms with Crippen molar-refractivity contribution in [2.75, 3.05) is 0 Å². The normalized spacial score (nSPS) is 12.2. The molecule has 0 aromatic carbocycles. The quantitative estimate of drug-likeness (QED) is 0.537. The summed E-state index contributed by atoms with van der Waals surface area (Å²) in [6.07, 6.45) is -0.434. The molecule has 0 spiro atoms. The molecule has 0 bridgehead atoms. The Morgan fingerprint density at radius 3 is 2.25 bits per heavy atom. The van der Waals surface area contributed by atoms with Gasteiger partial charge in [-0.3, -0.25) is 14.4 Å². The van der Waals surface area contributed by atoms with Crippen LogP contribution < -0.4 is 5.73 Å². The van der Waals surface area contributed by atoms with Gasteiger partial charge < -0.3 is 10.8 Å². The van der Waals surface area contributed by atoms with Crippen LogP contribution in [-0.2, 0) is 14.4 Å². The molecule has 0 radical (unpaired) electrons. The molecule has 0 rings (SSSR count). The van der Waals surface area contributed by atoms with Crippen LogP contribution in [0.25, 0.3) is 0 Å². The number of carboxylic acids is 1. The molecule has 5 nitrogen and oxygen atoms in total. The smallest absolute Gasteiger partial charge is 0.305 e. The fraction of sp³-hybridized carbons (Fsp3) is 0.571. The van der Waals surface area contributed by atoms with E-state index < -0.39 is 30.0 Å². The van der Waals surface area contributed by atoms with Crippen molar-refractivity contribution in [3.05, 3.63) is 0 Å². The first-order valence-electron chi connectivity index (χ1n) is 3.53. The third-order valence-electron chi connectivity index (χ3n) is 1.33. The van der Waals surface area contributed by atoms with Crippen molar-refractivity contribution in [2.24, 2.45) is 5.73 Å². The van der Waals surface area contributed by atoms with E-state index in [9.17, 15) is 14.4 Å². The number of nitrogens with two attached hydrogens (primary N) is 1. The second kappa shape index (κ2) is 4.61. The summed E-state index contributed by atoms with van der Waals surface area (Å²) in [6.45, 7) is 1.52. The zero-order valence-electron chi connectivity index (χ0n) is 6.74. The third-order valence-corrected chi connectivity index (χ3v) is 1.33. The molecule has 1 atom stereocenters. The minimum absolute atomic E-state index is 0.0617. The average Bonchev–Trinajstić information content (AvgIpc) is 2.00. The van der Waals surface area contributed by atoms with Crippen molar-refractivity contribution in [3.63, 3.8) is 0 Å². The van der Waals surface area contributed by atoms with Gasteiger partial charge in [-0.05, 0) is 0 Å². The number of hydrogen-bond acceptors (Lipinski definition) is 4. The van der Waals surface area contributed by atoms with Crippen LogP contribution >= 0.6 is 0 Å². The second-order valence-electron chi connectivity index (χ2n) is 2.35. The van der Waals surface area contributed by atoms with Gasteiger partial charge in [0.25, 0.3) is 0 Å². The molecule has 5 heteroatoms. The predicted octanol–water partition coefficient (Wildman–Crippen LogP) is -0.663. The summed E-state index contributed by atoms with van der Waals surface area (Å²) in [7, 11) is 0. The Kier molecular flexibility index (Phi) is 4.14. The molecule has 68 valence electrons. The van der Waals surface area contributed by atoms with Gasteiger partial charge in [0.1, 0.15) is 0 Å². The van der Waals surface area contributed by atoms with E-state index in [1.54, 1.807) is 0 Å². The molecule has 12 heavy (non-hydrogen) atoms. The second-order valence-corrected chi connectivity index (χ2v) is 2.35. The van der Waals surface area contributed by atoms with Crippen molar-refractivity contribution in [3.8, 4) is 0 Å². The van der Waals surface area contributed by atoms with Crippen molar-refractivity contribution in [2.45, 2.75) is 25.8 Å². The maximum atomic E-state index is 10.9. The van der Waals surface area contributed by atoms with E-state index >= 15 is 0 Å². The highest BCUT2D eigenvalue weighted by molar-refractivity contribution is 6.39. The molecule has 0 aliphatic carbocycles. The molecule has 1 unspecified atom stereocenters. The van der Waals surface area contributed by atoms with Crippen LogP contribution in [0.4, 0.5) is 0 Å². The number of carbonyl (C=O) groups excluding carboxylic acids is 2. The molecule has 0 aliphatic heterocycles. The lowest BCUT2D eigenvalue weighted by Crippen LogP contribution is -2.37. The largest absolute Gasteiger partial charge is 0.481 e. The number of rotatable bonds is 5. The molecule has 0 amide bonds. The van der Waals surface area contributed by atoms with Crippen LogP contribution in [0.2, 0.25) is 0 Å². The maximum absolute atomic E-state index is 10.9. The van der Waals surface area contributed by atoms with Gasteiger partial charge in [0.15, 0.2) is 5.78 Å². The fourth-order valence-corrected chi connectivity index (χ4v) is 0.662. The van der Waals surface area contributed by atoms with Crippen molar-refractivity contribution >= 4 is 17.5 Å². The van der Waals surface area contributed by atoms with Crippen LogP contribution in [0.1, 0.15) is 19.8 Å². The molecular weight excluding hydrogens is 162 g/mol. The molecule has 0 aromatic rings. The molecule has 0 heterocycles. The Morgan fingerprint density at radius 1 is 1.42 bits per heavy atom. The van der Waals surface area contributed by atoms with Gasteiger partial charge in [-0.1, -0.05) is 6.92 Å². The lowest BCUT2D eigenvalue weighted by molar-refractivity contribution is -0.141. The minimum Gasteiger partial charge on any atom is -0.481 e. The summed E-state index contributed by atoms with van der Waals surface area (Å²) >= 11 is 0. The number of carbonyl (C=O) groups is 3. The summed E-state index contributed by atoms with van der Waals surface area (Å²) in [4.78, 5) is 31.7. The lowest BCUT2D eigenvalue weighted by atomic mass is 10.1. The molecule has 0 aliphatic rings. The molecule has 0 fully saturated rings. The highest BCUT2D eigenvalue weighted by atomic mass is 16.4. The van der Waals surface area contributed by atoms with Gasteiger partial charge in [0.2, 0.25) is 5.78 Å². The summed E-state index contributed by atoms with van der Waals surface area (Å²) in [5.41, 5.74) is 5.14. The minimum atomic E-state index is -1.20. The van der Waals surface area contributed by atoms with Gasteiger partial charge in [0.05, 0.1) is 12.5 Å². The molecular formula is C7H11NO4. The first-order chi connectivity index (χ1) is 5.49. The van der Waals surface area contributed by atoms with Crippen LogP contribution in [0, 0.1) is 0 Å². The van der Waals surface area contributed by atoms with E-state index in [-0.39, 0.29) is 6.42 Å². The third kappa shape index (κ3) is 3.25.